The highest BCUT2D eigenvalue weighted by Crippen LogP contribution is 2.37. The zero-order valence-electron chi connectivity index (χ0n) is 8.15. The molecule has 0 aliphatic heterocycles. The molecule has 0 aromatic carbocycles. The van der Waals surface area contributed by atoms with Gasteiger partial charge in [-0.15, -0.1) is 0 Å². The number of pyridine rings is 1. The second kappa shape index (κ2) is 4.32. The molecule has 1 rings (SSSR count). The highest BCUT2D eigenvalue weighted by molar-refractivity contribution is 5.38. The van der Waals surface area contributed by atoms with Crippen LogP contribution in [0.1, 0.15) is 28.8 Å². The molecule has 2 nitrogen and oxygen atoms in total. The van der Waals surface area contributed by atoms with Gasteiger partial charge in [0.25, 0.3) is 6.43 Å². The average Bonchev–Trinajstić information content (AvgIpc) is 2.14. The van der Waals surface area contributed by atoms with Gasteiger partial charge in [-0.25, -0.2) is 8.78 Å². The molecule has 0 saturated carbocycles. The van der Waals surface area contributed by atoms with Crippen molar-refractivity contribution in [3.63, 3.8) is 0 Å². The predicted molar refractivity (Wildman–Crippen MR) is 44.9 cm³/mol. The van der Waals surface area contributed by atoms with E-state index in [9.17, 15) is 22.0 Å². The minimum absolute atomic E-state index is 0.291. The minimum Gasteiger partial charge on any atom is -0.392 e. The smallest absolute Gasteiger partial charge is 0.392 e. The van der Waals surface area contributed by atoms with E-state index in [-0.39, 0.29) is 5.56 Å². The van der Waals surface area contributed by atoms with Crippen molar-refractivity contribution in [1.29, 1.82) is 0 Å². The molecule has 0 saturated heterocycles. The van der Waals surface area contributed by atoms with Gasteiger partial charge in [-0.05, 0) is 12.5 Å². The van der Waals surface area contributed by atoms with E-state index in [2.05, 4.69) is 4.98 Å². The lowest BCUT2D eigenvalue weighted by Gasteiger charge is -2.16. The van der Waals surface area contributed by atoms with Gasteiger partial charge in [0, 0.05) is 11.8 Å². The quantitative estimate of drug-likeness (QED) is 0.807. The highest BCUT2D eigenvalue weighted by Gasteiger charge is 2.37. The Bertz CT molecular complexity index is 388. The van der Waals surface area contributed by atoms with Crippen molar-refractivity contribution in [3.8, 4) is 0 Å². The first-order chi connectivity index (χ1) is 7.29. The van der Waals surface area contributed by atoms with Crippen LogP contribution in [0.3, 0.4) is 0 Å². The van der Waals surface area contributed by atoms with Crippen LogP contribution in [0.5, 0.6) is 0 Å². The second-order valence-corrected chi connectivity index (χ2v) is 3.14. The maximum atomic E-state index is 12.6. The fourth-order valence-corrected chi connectivity index (χ4v) is 1.42. The molecule has 1 aromatic heterocycles. The SMILES string of the molecule is Cc1cnc(C(F)F)c(CO)c1C(F)(F)F. The maximum absolute atomic E-state index is 12.6. The number of alkyl halides is 5. The molecule has 16 heavy (non-hydrogen) atoms. The summed E-state index contributed by atoms with van der Waals surface area (Å²) in [5, 5.41) is 8.76. The molecule has 7 heteroatoms. The molecule has 0 aliphatic carbocycles. The van der Waals surface area contributed by atoms with E-state index in [1.807, 2.05) is 0 Å². The molecule has 0 aliphatic rings. The molecule has 90 valence electrons. The van der Waals surface area contributed by atoms with E-state index in [1.54, 1.807) is 0 Å². The summed E-state index contributed by atoms with van der Waals surface area (Å²) in [5.74, 6) is 0. The minimum atomic E-state index is -4.78. The number of aliphatic hydroxyl groups is 1. The molecule has 1 heterocycles. The van der Waals surface area contributed by atoms with E-state index in [4.69, 9.17) is 5.11 Å². The molecule has 0 amide bonds. The van der Waals surface area contributed by atoms with E-state index in [0.717, 1.165) is 13.1 Å². The first-order valence-electron chi connectivity index (χ1n) is 4.23. The standard InChI is InChI=1S/C9H8F5NO/c1-4-2-15-7(8(10)11)5(3-16)6(4)9(12,13)14/h2,8,16H,3H2,1H3. The van der Waals surface area contributed by atoms with Crippen LogP contribution in [0.2, 0.25) is 0 Å². The molecule has 0 spiro atoms. The zero-order chi connectivity index (χ0) is 12.5. The Labute approximate surface area is 87.7 Å². The molecule has 1 aromatic rings. The van der Waals surface area contributed by atoms with Crippen LogP contribution in [-0.4, -0.2) is 10.1 Å². The molecule has 0 bridgehead atoms. The van der Waals surface area contributed by atoms with Crippen molar-refractivity contribution in [1.82, 2.24) is 4.98 Å². The van der Waals surface area contributed by atoms with Gasteiger partial charge in [0.05, 0.1) is 12.2 Å². The van der Waals surface area contributed by atoms with Crippen LogP contribution in [0, 0.1) is 6.92 Å². The second-order valence-electron chi connectivity index (χ2n) is 3.14. The van der Waals surface area contributed by atoms with Crippen molar-refractivity contribution in [2.24, 2.45) is 0 Å². The summed E-state index contributed by atoms with van der Waals surface area (Å²) >= 11 is 0. The van der Waals surface area contributed by atoms with Crippen LogP contribution in [-0.2, 0) is 12.8 Å². The predicted octanol–water partition coefficient (Wildman–Crippen LogP) is 2.84. The number of hydrogen-bond donors (Lipinski definition) is 1. The van der Waals surface area contributed by atoms with Gasteiger partial charge in [-0.2, -0.15) is 13.2 Å². The third kappa shape index (κ3) is 2.29. The number of nitrogens with zero attached hydrogens (tertiary/aromatic N) is 1. The Kier molecular flexibility index (Phi) is 3.47. The molecule has 1 N–H and O–H groups in total. The third-order valence-corrected chi connectivity index (χ3v) is 2.05. The van der Waals surface area contributed by atoms with Crippen LogP contribution < -0.4 is 0 Å². The van der Waals surface area contributed by atoms with Gasteiger partial charge in [-0.3, -0.25) is 4.98 Å². The summed E-state index contributed by atoms with van der Waals surface area (Å²) in [6.45, 7) is -0.0204. The number of rotatable bonds is 2. The normalized spacial score (nSPS) is 12.2. The van der Waals surface area contributed by atoms with Gasteiger partial charge >= 0.3 is 6.18 Å². The van der Waals surface area contributed by atoms with Crippen molar-refractivity contribution in [2.75, 3.05) is 0 Å². The zero-order valence-corrected chi connectivity index (χ0v) is 8.15. The Hall–Kier alpha value is -1.24. The van der Waals surface area contributed by atoms with Crippen LogP contribution in [0.15, 0.2) is 6.20 Å². The Balaban J connectivity index is 3.51. The maximum Gasteiger partial charge on any atom is 0.417 e. The van der Waals surface area contributed by atoms with Crippen LogP contribution in [0.4, 0.5) is 22.0 Å². The van der Waals surface area contributed by atoms with E-state index in [1.165, 1.54) is 0 Å². The first-order valence-corrected chi connectivity index (χ1v) is 4.23. The van der Waals surface area contributed by atoms with E-state index < -0.39 is 36.0 Å². The highest BCUT2D eigenvalue weighted by atomic mass is 19.4. The van der Waals surface area contributed by atoms with E-state index >= 15 is 0 Å². The lowest BCUT2D eigenvalue weighted by molar-refractivity contribution is -0.139. The Morgan fingerprint density at radius 1 is 1.38 bits per heavy atom. The summed E-state index contributed by atoms with van der Waals surface area (Å²) in [5.41, 5.74) is -3.41. The lowest BCUT2D eigenvalue weighted by Crippen LogP contribution is -2.15. The van der Waals surface area contributed by atoms with Crippen molar-refractivity contribution in [3.05, 3.63) is 28.6 Å². The fourth-order valence-electron chi connectivity index (χ4n) is 1.42. The number of aliphatic hydroxyl groups excluding tert-OH is 1. The van der Waals surface area contributed by atoms with Gasteiger partial charge < -0.3 is 5.11 Å². The van der Waals surface area contributed by atoms with Crippen LogP contribution in [0.25, 0.3) is 0 Å². The first kappa shape index (κ1) is 12.8. The molecular formula is C9H8F5NO. The Morgan fingerprint density at radius 3 is 2.31 bits per heavy atom. The molecule has 0 unspecified atom stereocenters. The molecule has 0 radical (unpaired) electrons. The van der Waals surface area contributed by atoms with Crippen molar-refractivity contribution >= 4 is 0 Å². The number of halogens is 5. The monoisotopic (exact) mass is 241 g/mol. The van der Waals surface area contributed by atoms with E-state index in [0.29, 0.717) is 0 Å². The van der Waals surface area contributed by atoms with Gasteiger partial charge in [0.1, 0.15) is 5.69 Å². The number of hydrogen-bond acceptors (Lipinski definition) is 2. The summed E-state index contributed by atoms with van der Waals surface area (Å²) in [4.78, 5) is 3.21. The number of aromatic nitrogens is 1. The summed E-state index contributed by atoms with van der Waals surface area (Å²) in [6, 6.07) is 0. The Morgan fingerprint density at radius 2 is 1.94 bits per heavy atom. The number of aryl methyl sites for hydroxylation is 1. The fraction of sp³-hybridized carbons (Fsp3) is 0.444. The topological polar surface area (TPSA) is 33.1 Å². The van der Waals surface area contributed by atoms with Crippen molar-refractivity contribution < 1.29 is 27.1 Å². The average molecular weight is 241 g/mol. The summed E-state index contributed by atoms with van der Waals surface area (Å²) in [7, 11) is 0. The van der Waals surface area contributed by atoms with Crippen molar-refractivity contribution in [2.45, 2.75) is 26.1 Å². The molecule has 0 atom stereocenters. The third-order valence-electron chi connectivity index (χ3n) is 2.05. The van der Waals surface area contributed by atoms with Gasteiger partial charge in [0.15, 0.2) is 0 Å². The summed E-state index contributed by atoms with van der Waals surface area (Å²) in [6.07, 6.45) is -7.21. The molecular weight excluding hydrogens is 233 g/mol. The van der Waals surface area contributed by atoms with Gasteiger partial charge in [-0.1, -0.05) is 0 Å². The molecule has 0 fully saturated rings. The summed E-state index contributed by atoms with van der Waals surface area (Å²) < 4.78 is 62.4. The van der Waals surface area contributed by atoms with Gasteiger partial charge in [0.2, 0.25) is 0 Å². The van der Waals surface area contributed by atoms with Crippen LogP contribution >= 0.6 is 0 Å². The largest absolute Gasteiger partial charge is 0.417 e. The lowest BCUT2D eigenvalue weighted by atomic mass is 10.0.